The molecule has 0 fully saturated rings. The first-order chi connectivity index (χ1) is 9.52. The molecule has 0 spiro atoms. The van der Waals surface area contributed by atoms with Crippen LogP contribution in [0.4, 0.5) is 17.6 Å². The molecule has 5 heteroatoms. The molecular formula is C15H13F4N. The first-order valence-corrected chi connectivity index (χ1v) is 6.08. The van der Waals surface area contributed by atoms with Gasteiger partial charge in [0.05, 0.1) is 0 Å². The van der Waals surface area contributed by atoms with Crippen molar-refractivity contribution in [1.29, 1.82) is 0 Å². The van der Waals surface area contributed by atoms with Crippen molar-refractivity contribution in [3.8, 4) is 0 Å². The second-order valence-electron chi connectivity index (χ2n) is 4.44. The zero-order valence-electron chi connectivity index (χ0n) is 10.8. The second kappa shape index (κ2) is 6.05. The van der Waals surface area contributed by atoms with Gasteiger partial charge in [0.15, 0.2) is 17.5 Å². The molecule has 0 amide bonds. The molecular weight excluding hydrogens is 270 g/mol. The zero-order valence-corrected chi connectivity index (χ0v) is 10.8. The van der Waals surface area contributed by atoms with E-state index in [0.717, 1.165) is 6.07 Å². The highest BCUT2D eigenvalue weighted by Crippen LogP contribution is 2.24. The van der Waals surface area contributed by atoms with E-state index in [1.165, 1.54) is 18.2 Å². The summed E-state index contributed by atoms with van der Waals surface area (Å²) in [6.07, 6.45) is 0.260. The van der Waals surface area contributed by atoms with Gasteiger partial charge in [-0.05, 0) is 37.2 Å². The van der Waals surface area contributed by atoms with Crippen molar-refractivity contribution in [1.82, 2.24) is 5.32 Å². The van der Waals surface area contributed by atoms with E-state index in [4.69, 9.17) is 0 Å². The van der Waals surface area contributed by atoms with E-state index >= 15 is 0 Å². The molecule has 0 aliphatic heterocycles. The zero-order chi connectivity index (χ0) is 14.7. The summed E-state index contributed by atoms with van der Waals surface area (Å²) < 4.78 is 53.0. The van der Waals surface area contributed by atoms with Crippen LogP contribution >= 0.6 is 0 Å². The maximum absolute atomic E-state index is 13.8. The molecule has 0 aromatic heterocycles. The van der Waals surface area contributed by atoms with Crippen molar-refractivity contribution in [2.45, 2.75) is 12.5 Å². The molecule has 0 aliphatic carbocycles. The number of rotatable bonds is 4. The Labute approximate surface area is 114 Å². The van der Waals surface area contributed by atoms with Crippen LogP contribution in [0, 0.1) is 23.3 Å². The lowest BCUT2D eigenvalue weighted by Gasteiger charge is -2.18. The lowest BCUT2D eigenvalue weighted by molar-refractivity contribution is 0.428. The van der Waals surface area contributed by atoms with Crippen LogP contribution in [0.15, 0.2) is 36.4 Å². The van der Waals surface area contributed by atoms with Crippen molar-refractivity contribution in [3.63, 3.8) is 0 Å². The molecule has 0 saturated carbocycles. The Morgan fingerprint density at radius 1 is 1.00 bits per heavy atom. The van der Waals surface area contributed by atoms with E-state index in [2.05, 4.69) is 5.32 Å². The summed E-state index contributed by atoms with van der Waals surface area (Å²) in [4.78, 5) is 0. The van der Waals surface area contributed by atoms with Gasteiger partial charge in [-0.15, -0.1) is 0 Å². The topological polar surface area (TPSA) is 12.0 Å². The van der Waals surface area contributed by atoms with Crippen molar-refractivity contribution >= 4 is 0 Å². The van der Waals surface area contributed by atoms with E-state index < -0.39 is 29.3 Å². The fourth-order valence-corrected chi connectivity index (χ4v) is 2.08. The van der Waals surface area contributed by atoms with Gasteiger partial charge in [0.1, 0.15) is 5.82 Å². The average molecular weight is 283 g/mol. The molecule has 1 atom stereocenters. The van der Waals surface area contributed by atoms with E-state index in [1.54, 1.807) is 19.2 Å². The third-order valence-electron chi connectivity index (χ3n) is 3.12. The lowest BCUT2D eigenvalue weighted by atomic mass is 9.98. The first-order valence-electron chi connectivity index (χ1n) is 6.08. The highest BCUT2D eigenvalue weighted by atomic mass is 19.2. The van der Waals surface area contributed by atoms with Crippen LogP contribution in [0.1, 0.15) is 17.2 Å². The number of nitrogens with one attached hydrogen (secondary N) is 1. The highest BCUT2D eigenvalue weighted by molar-refractivity contribution is 5.27. The lowest BCUT2D eigenvalue weighted by Crippen LogP contribution is -2.21. The van der Waals surface area contributed by atoms with Crippen molar-refractivity contribution < 1.29 is 17.6 Å². The van der Waals surface area contributed by atoms with E-state index in [0.29, 0.717) is 5.56 Å². The fraction of sp³-hybridized carbons (Fsp3) is 0.200. The summed E-state index contributed by atoms with van der Waals surface area (Å²) in [6, 6.07) is 7.34. The predicted octanol–water partition coefficient (Wildman–Crippen LogP) is 3.75. The SMILES string of the molecule is CNC(Cc1cccc(F)c1)c1ccc(F)c(F)c1F. The van der Waals surface area contributed by atoms with E-state index in [-0.39, 0.29) is 12.0 Å². The maximum atomic E-state index is 13.8. The van der Waals surface area contributed by atoms with Gasteiger partial charge in [0.2, 0.25) is 0 Å². The Morgan fingerprint density at radius 3 is 2.40 bits per heavy atom. The van der Waals surface area contributed by atoms with Gasteiger partial charge >= 0.3 is 0 Å². The van der Waals surface area contributed by atoms with Crippen LogP contribution in [0.5, 0.6) is 0 Å². The quantitative estimate of drug-likeness (QED) is 0.665. The van der Waals surface area contributed by atoms with E-state index in [1.807, 2.05) is 0 Å². The highest BCUT2D eigenvalue weighted by Gasteiger charge is 2.20. The van der Waals surface area contributed by atoms with Gasteiger partial charge in [0.25, 0.3) is 0 Å². The number of hydrogen-bond donors (Lipinski definition) is 1. The molecule has 1 unspecified atom stereocenters. The van der Waals surface area contributed by atoms with Gasteiger partial charge in [-0.1, -0.05) is 18.2 Å². The maximum Gasteiger partial charge on any atom is 0.194 e. The number of hydrogen-bond acceptors (Lipinski definition) is 1. The van der Waals surface area contributed by atoms with Gasteiger partial charge in [-0.3, -0.25) is 0 Å². The minimum absolute atomic E-state index is 0.00987. The molecule has 0 heterocycles. The summed E-state index contributed by atoms with van der Waals surface area (Å²) >= 11 is 0. The molecule has 2 aromatic carbocycles. The molecule has 0 bridgehead atoms. The monoisotopic (exact) mass is 283 g/mol. The normalized spacial score (nSPS) is 12.4. The summed E-state index contributed by atoms with van der Waals surface area (Å²) in [5.41, 5.74) is 0.643. The Balaban J connectivity index is 2.31. The van der Waals surface area contributed by atoms with Crippen LogP contribution in [0.3, 0.4) is 0 Å². The Morgan fingerprint density at radius 2 is 1.75 bits per heavy atom. The molecule has 20 heavy (non-hydrogen) atoms. The van der Waals surface area contributed by atoms with Crippen LogP contribution in [0.2, 0.25) is 0 Å². The van der Waals surface area contributed by atoms with Crippen molar-refractivity contribution in [3.05, 3.63) is 70.8 Å². The van der Waals surface area contributed by atoms with Crippen LogP contribution in [0.25, 0.3) is 0 Å². The van der Waals surface area contributed by atoms with Crippen LogP contribution < -0.4 is 5.32 Å². The fourth-order valence-electron chi connectivity index (χ4n) is 2.08. The molecule has 2 aromatic rings. The Kier molecular flexibility index (Phi) is 4.39. The van der Waals surface area contributed by atoms with Gasteiger partial charge < -0.3 is 5.32 Å². The number of halogens is 4. The second-order valence-corrected chi connectivity index (χ2v) is 4.44. The number of likely N-dealkylation sites (N-methyl/N-ethyl adjacent to an activating group) is 1. The van der Waals surface area contributed by atoms with Crippen molar-refractivity contribution in [2.24, 2.45) is 0 Å². The molecule has 1 nitrogen and oxygen atoms in total. The molecule has 2 rings (SSSR count). The molecule has 0 radical (unpaired) electrons. The summed E-state index contributed by atoms with van der Waals surface area (Å²) in [7, 11) is 1.57. The van der Waals surface area contributed by atoms with Crippen molar-refractivity contribution in [2.75, 3.05) is 7.05 Å². The smallest absolute Gasteiger partial charge is 0.194 e. The minimum Gasteiger partial charge on any atom is -0.313 e. The predicted molar refractivity (Wildman–Crippen MR) is 68.2 cm³/mol. The third-order valence-corrected chi connectivity index (χ3v) is 3.12. The van der Waals surface area contributed by atoms with Gasteiger partial charge in [0, 0.05) is 11.6 Å². The van der Waals surface area contributed by atoms with Crippen LogP contribution in [-0.2, 0) is 6.42 Å². The molecule has 1 N–H and O–H groups in total. The Bertz CT molecular complexity index is 613. The largest absolute Gasteiger partial charge is 0.313 e. The van der Waals surface area contributed by atoms with Crippen LogP contribution in [-0.4, -0.2) is 7.05 Å². The average Bonchev–Trinajstić information content (AvgIpc) is 2.43. The summed E-state index contributed by atoms with van der Waals surface area (Å²) in [6.45, 7) is 0. The molecule has 106 valence electrons. The number of benzene rings is 2. The summed E-state index contributed by atoms with van der Waals surface area (Å²) in [5.74, 6) is -4.35. The third kappa shape index (κ3) is 2.99. The Hall–Kier alpha value is -1.88. The van der Waals surface area contributed by atoms with Gasteiger partial charge in [-0.2, -0.15) is 0 Å². The first kappa shape index (κ1) is 14.5. The van der Waals surface area contributed by atoms with Gasteiger partial charge in [-0.25, -0.2) is 17.6 Å². The minimum atomic E-state index is -1.50. The summed E-state index contributed by atoms with van der Waals surface area (Å²) in [5, 5.41) is 2.82. The standard InChI is InChI=1S/C15H13F4N/c1-20-13(8-9-3-2-4-10(16)7-9)11-5-6-12(17)15(19)14(11)18/h2-7,13,20H,8H2,1H3. The molecule has 0 aliphatic rings. The van der Waals surface area contributed by atoms with E-state index in [9.17, 15) is 17.6 Å². The molecule has 0 saturated heterocycles.